The van der Waals surface area contributed by atoms with Crippen molar-refractivity contribution in [2.24, 2.45) is 17.8 Å². The number of benzene rings is 2. The number of phenolic OH excluding ortho intramolecular Hbond substituents is 1. The molecule has 7 rings (SSSR count). The Bertz CT molecular complexity index is 1670. The van der Waals surface area contributed by atoms with Crippen molar-refractivity contribution in [3.8, 4) is 5.75 Å². The van der Waals surface area contributed by atoms with Gasteiger partial charge in [0, 0.05) is 31.9 Å². The first-order valence-corrected chi connectivity index (χ1v) is 16.9. The molecule has 9 heteroatoms. The van der Waals surface area contributed by atoms with Crippen LogP contribution in [0.3, 0.4) is 0 Å². The van der Waals surface area contributed by atoms with Crippen molar-refractivity contribution in [2.45, 2.75) is 64.0 Å². The van der Waals surface area contributed by atoms with Crippen LogP contribution in [-0.2, 0) is 20.8 Å². The van der Waals surface area contributed by atoms with Gasteiger partial charge in [-0.25, -0.2) is 0 Å². The van der Waals surface area contributed by atoms with Crippen LogP contribution >= 0.6 is 0 Å². The number of aromatic hydroxyl groups is 1. The first-order valence-electron chi connectivity index (χ1n) is 16.9. The van der Waals surface area contributed by atoms with Crippen LogP contribution < -0.4 is 0 Å². The van der Waals surface area contributed by atoms with E-state index >= 15 is 0 Å². The molecule has 2 aromatic carbocycles. The molecule has 8 nitrogen and oxygen atoms in total. The van der Waals surface area contributed by atoms with Crippen LogP contribution in [0.25, 0.3) is 11.6 Å². The molecule has 3 aromatic rings. The highest BCUT2D eigenvalue weighted by Crippen LogP contribution is 2.51. The number of hydrogen-bond acceptors (Lipinski definition) is 7. The molecule has 1 aromatic heterocycles. The topological polar surface area (TPSA) is 103 Å². The third kappa shape index (κ3) is 6.57. The van der Waals surface area contributed by atoms with Crippen LogP contribution in [0.1, 0.15) is 55.8 Å². The first kappa shape index (κ1) is 31.5. The largest absolute Gasteiger partial charge is 0.508 e. The second kappa shape index (κ2) is 13.6. The van der Waals surface area contributed by atoms with E-state index in [1.165, 1.54) is 5.56 Å². The van der Waals surface area contributed by atoms with Crippen molar-refractivity contribution in [1.82, 2.24) is 14.8 Å². The highest BCUT2D eigenvalue weighted by Gasteiger charge is 2.58. The van der Waals surface area contributed by atoms with Crippen molar-refractivity contribution in [3.63, 3.8) is 0 Å². The van der Waals surface area contributed by atoms with Gasteiger partial charge in [-0.1, -0.05) is 54.1 Å². The van der Waals surface area contributed by atoms with Gasteiger partial charge in [-0.3, -0.25) is 24.4 Å². The summed E-state index contributed by atoms with van der Waals surface area (Å²) in [5.74, 6) is -0.968. The molecule has 4 aliphatic rings. The van der Waals surface area contributed by atoms with Crippen molar-refractivity contribution < 1.29 is 24.4 Å². The summed E-state index contributed by atoms with van der Waals surface area (Å²) in [6.07, 6.45) is 7.04. The van der Waals surface area contributed by atoms with Gasteiger partial charge in [-0.15, -0.1) is 0 Å². The second-order valence-corrected chi connectivity index (χ2v) is 13.6. The molecule has 0 radical (unpaired) electrons. The molecule has 2 amide bonds. The van der Waals surface area contributed by atoms with Gasteiger partial charge >= 0.3 is 7.12 Å². The predicted molar refractivity (Wildman–Crippen MR) is 181 cm³/mol. The van der Waals surface area contributed by atoms with E-state index in [9.17, 15) is 19.7 Å². The van der Waals surface area contributed by atoms with E-state index in [4.69, 9.17) is 4.65 Å². The maximum atomic E-state index is 14.2. The Morgan fingerprint density at radius 3 is 2.53 bits per heavy atom. The SMILES string of the molecule is CC1=C2[C@@H](CC/C(=C/c3cccc(O)c3)c3ccccn3)OB(O)C[C@@H]2[C@@H]2C(=O)N(C3CCN(Cc4ccccc4)CC3)C(=O)[C@@H]2C1. The highest BCUT2D eigenvalue weighted by molar-refractivity contribution is 6.43. The molecule has 2 N–H and O–H groups in total. The van der Waals surface area contributed by atoms with Crippen molar-refractivity contribution in [2.75, 3.05) is 13.1 Å². The average Bonchev–Trinajstić information content (AvgIpc) is 3.32. The molecule has 4 atom stereocenters. The maximum absolute atomic E-state index is 14.2. The zero-order chi connectivity index (χ0) is 32.5. The molecular formula is C38H42BN3O5. The summed E-state index contributed by atoms with van der Waals surface area (Å²) in [6, 6.07) is 23.2. The lowest BCUT2D eigenvalue weighted by atomic mass is 9.58. The minimum atomic E-state index is -1.01. The number of aromatic nitrogens is 1. The molecule has 0 spiro atoms. The van der Waals surface area contributed by atoms with Crippen molar-refractivity contribution in [3.05, 3.63) is 107 Å². The summed E-state index contributed by atoms with van der Waals surface area (Å²) in [4.78, 5) is 36.7. The number of hydrogen-bond donors (Lipinski definition) is 2. The zero-order valence-corrected chi connectivity index (χ0v) is 26.9. The second-order valence-electron chi connectivity index (χ2n) is 13.6. The molecule has 4 heterocycles. The Kier molecular flexibility index (Phi) is 9.12. The van der Waals surface area contributed by atoms with Gasteiger partial charge < -0.3 is 14.8 Å². The van der Waals surface area contributed by atoms with Gasteiger partial charge in [0.25, 0.3) is 0 Å². The highest BCUT2D eigenvalue weighted by atomic mass is 16.5. The fourth-order valence-corrected chi connectivity index (χ4v) is 8.41. The summed E-state index contributed by atoms with van der Waals surface area (Å²) in [7, 11) is -1.01. The summed E-state index contributed by atoms with van der Waals surface area (Å²) in [5.41, 5.74) is 6.14. The van der Waals surface area contributed by atoms with Crippen LogP contribution in [0.5, 0.6) is 5.75 Å². The summed E-state index contributed by atoms with van der Waals surface area (Å²) in [6.45, 7) is 4.64. The molecule has 242 valence electrons. The number of fused-ring (bicyclic) bond motifs is 3. The van der Waals surface area contributed by atoms with Gasteiger partial charge in [-0.05, 0) is 104 Å². The maximum Gasteiger partial charge on any atom is 0.455 e. The fourth-order valence-electron chi connectivity index (χ4n) is 8.41. The van der Waals surface area contributed by atoms with Gasteiger partial charge in [0.2, 0.25) is 11.8 Å². The van der Waals surface area contributed by atoms with Crippen molar-refractivity contribution in [1.29, 1.82) is 0 Å². The Labute approximate surface area is 276 Å². The standard InChI is InChI=1S/C38H42BN3O5/c1-25-20-31-36(38(45)42(37(31)44)29-15-18-41(19-16-29)24-26-8-3-2-4-9-26)32-23-39(46)47-34(35(25)32)14-13-28(33-12-5-6-17-40-33)21-27-10-7-11-30(43)22-27/h2-12,17,21-22,29,31-32,34,36,43,46H,13-16,18-20,23-24H2,1H3/b28-21-/t31-,32+,34-,36-/m1/s1. The Hall–Kier alpha value is -4.05. The number of carbonyl (C=O) groups is 2. The molecule has 1 aliphatic carbocycles. The minimum Gasteiger partial charge on any atom is -0.508 e. The summed E-state index contributed by atoms with van der Waals surface area (Å²) < 4.78 is 6.19. The van der Waals surface area contributed by atoms with Gasteiger partial charge in [0.05, 0.1) is 23.6 Å². The van der Waals surface area contributed by atoms with Crippen LogP contribution in [0.15, 0.2) is 90.1 Å². The van der Waals surface area contributed by atoms with Gasteiger partial charge in [-0.2, -0.15) is 0 Å². The number of likely N-dealkylation sites (tertiary alicyclic amines) is 2. The lowest BCUT2D eigenvalue weighted by Gasteiger charge is -2.42. The van der Waals surface area contributed by atoms with Crippen LogP contribution in [0, 0.1) is 17.8 Å². The Balaban J connectivity index is 1.08. The minimum absolute atomic E-state index is 0.0380. The number of piperidine rings is 1. The third-order valence-electron chi connectivity index (χ3n) is 10.5. The zero-order valence-electron chi connectivity index (χ0n) is 26.9. The summed E-state index contributed by atoms with van der Waals surface area (Å²) >= 11 is 0. The van der Waals surface area contributed by atoms with Crippen LogP contribution in [-0.4, -0.2) is 69.1 Å². The van der Waals surface area contributed by atoms with Crippen LogP contribution in [0.4, 0.5) is 0 Å². The van der Waals surface area contributed by atoms with E-state index < -0.39 is 13.0 Å². The normalized spacial score (nSPS) is 25.7. The number of carbonyl (C=O) groups excluding carboxylic acids is 2. The third-order valence-corrected chi connectivity index (χ3v) is 10.5. The number of allylic oxidation sites excluding steroid dienone is 2. The monoisotopic (exact) mass is 631 g/mol. The number of nitrogens with zero attached hydrogens (tertiary/aromatic N) is 3. The Morgan fingerprint density at radius 2 is 1.79 bits per heavy atom. The van der Waals surface area contributed by atoms with E-state index in [1.807, 2.05) is 42.5 Å². The van der Waals surface area contributed by atoms with E-state index in [0.717, 1.165) is 60.5 Å². The summed E-state index contributed by atoms with van der Waals surface area (Å²) in [5, 5.41) is 21.0. The predicted octanol–water partition coefficient (Wildman–Crippen LogP) is 5.59. The number of phenols is 1. The lowest BCUT2D eigenvalue weighted by Crippen LogP contribution is -2.48. The van der Waals surface area contributed by atoms with Gasteiger partial charge in [0.15, 0.2) is 0 Å². The van der Waals surface area contributed by atoms with E-state index in [2.05, 4.69) is 41.1 Å². The fraction of sp³-hybridized carbons (Fsp3) is 0.395. The first-order chi connectivity index (χ1) is 22.9. The average molecular weight is 632 g/mol. The number of pyridine rings is 1. The number of imide groups is 1. The Morgan fingerprint density at radius 1 is 1.00 bits per heavy atom. The molecule has 3 aliphatic heterocycles. The molecular weight excluding hydrogens is 589 g/mol. The van der Waals surface area contributed by atoms with Crippen LogP contribution in [0.2, 0.25) is 6.32 Å². The number of amides is 2. The molecule has 0 unspecified atom stereocenters. The molecule has 47 heavy (non-hydrogen) atoms. The van der Waals surface area contributed by atoms with E-state index in [1.54, 1.807) is 23.2 Å². The van der Waals surface area contributed by atoms with Gasteiger partial charge in [0.1, 0.15) is 5.75 Å². The molecule has 3 saturated heterocycles. The van der Waals surface area contributed by atoms with E-state index in [-0.39, 0.29) is 41.5 Å². The smallest absolute Gasteiger partial charge is 0.455 e. The van der Waals surface area contributed by atoms with E-state index in [0.29, 0.717) is 25.6 Å². The molecule has 3 fully saturated rings. The quantitative estimate of drug-likeness (QED) is 0.190. The lowest BCUT2D eigenvalue weighted by molar-refractivity contribution is -0.144. The molecule has 0 saturated carbocycles. The molecule has 0 bridgehead atoms. The van der Waals surface area contributed by atoms with Crippen molar-refractivity contribution >= 4 is 30.6 Å². The number of rotatable bonds is 8.